The molecule has 16 heavy (non-hydrogen) atoms. The summed E-state index contributed by atoms with van der Waals surface area (Å²) < 4.78 is 15.4. The van der Waals surface area contributed by atoms with Crippen LogP contribution >= 0.6 is 0 Å². The number of ether oxygens (including phenoxy) is 3. The first-order chi connectivity index (χ1) is 7.48. The van der Waals surface area contributed by atoms with Crippen molar-refractivity contribution in [2.75, 3.05) is 20.3 Å². The van der Waals surface area contributed by atoms with E-state index < -0.39 is 17.7 Å². The molecule has 92 valence electrons. The highest BCUT2D eigenvalue weighted by Gasteiger charge is 2.34. The van der Waals surface area contributed by atoms with Gasteiger partial charge in [-0.1, -0.05) is 0 Å². The Bertz CT molecular complexity index is 268. The van der Waals surface area contributed by atoms with E-state index >= 15 is 0 Å². The fourth-order valence-corrected chi connectivity index (χ4v) is 1.74. The SMILES string of the molecule is COC(=O)[C@H](CCC1(C)OCCO1)C(C)=O. The van der Waals surface area contributed by atoms with Crippen LogP contribution in [0.3, 0.4) is 0 Å². The molecule has 0 radical (unpaired) electrons. The average Bonchev–Trinajstić information content (AvgIpc) is 2.65. The summed E-state index contributed by atoms with van der Waals surface area (Å²) >= 11 is 0. The van der Waals surface area contributed by atoms with E-state index in [2.05, 4.69) is 4.74 Å². The summed E-state index contributed by atoms with van der Waals surface area (Å²) in [6.07, 6.45) is 0.894. The molecular formula is C11H18O5. The molecular weight excluding hydrogens is 212 g/mol. The van der Waals surface area contributed by atoms with Gasteiger partial charge in [0.25, 0.3) is 0 Å². The highest BCUT2D eigenvalue weighted by atomic mass is 16.7. The smallest absolute Gasteiger partial charge is 0.316 e. The van der Waals surface area contributed by atoms with Crippen LogP contribution in [0.5, 0.6) is 0 Å². The number of carbonyl (C=O) groups is 2. The quantitative estimate of drug-likeness (QED) is 0.519. The molecule has 0 saturated carbocycles. The highest BCUT2D eigenvalue weighted by Crippen LogP contribution is 2.26. The molecule has 0 aromatic rings. The zero-order valence-electron chi connectivity index (χ0n) is 9.95. The van der Waals surface area contributed by atoms with E-state index in [1.165, 1.54) is 14.0 Å². The van der Waals surface area contributed by atoms with E-state index in [0.29, 0.717) is 26.1 Å². The summed E-state index contributed by atoms with van der Waals surface area (Å²) in [7, 11) is 1.28. The van der Waals surface area contributed by atoms with Crippen molar-refractivity contribution in [1.82, 2.24) is 0 Å². The van der Waals surface area contributed by atoms with Crippen molar-refractivity contribution in [2.45, 2.75) is 32.5 Å². The van der Waals surface area contributed by atoms with Crippen LogP contribution in [-0.4, -0.2) is 37.9 Å². The Kier molecular flexibility index (Phi) is 4.44. The molecule has 0 unspecified atom stereocenters. The first-order valence-corrected chi connectivity index (χ1v) is 5.35. The molecule has 1 saturated heterocycles. The van der Waals surface area contributed by atoms with Crippen molar-refractivity contribution in [3.63, 3.8) is 0 Å². The molecule has 0 amide bonds. The lowest BCUT2D eigenvalue weighted by molar-refractivity contribution is -0.158. The van der Waals surface area contributed by atoms with E-state index in [9.17, 15) is 9.59 Å². The Morgan fingerprint density at radius 3 is 2.38 bits per heavy atom. The van der Waals surface area contributed by atoms with Gasteiger partial charge < -0.3 is 14.2 Å². The lowest BCUT2D eigenvalue weighted by Crippen LogP contribution is -2.30. The molecule has 0 N–H and O–H groups in total. The third-order valence-corrected chi connectivity index (χ3v) is 2.76. The summed E-state index contributed by atoms with van der Waals surface area (Å²) in [6, 6.07) is 0. The molecule has 1 aliphatic rings. The maximum Gasteiger partial charge on any atom is 0.316 e. The predicted molar refractivity (Wildman–Crippen MR) is 55.7 cm³/mol. The first-order valence-electron chi connectivity index (χ1n) is 5.35. The second-order valence-corrected chi connectivity index (χ2v) is 4.06. The zero-order chi connectivity index (χ0) is 12.2. The molecule has 0 aliphatic carbocycles. The standard InChI is InChI=1S/C11H18O5/c1-8(12)9(10(13)14-3)4-5-11(2)15-6-7-16-11/h9H,4-7H2,1-3H3/t9-/m1/s1. The Morgan fingerprint density at radius 2 is 1.94 bits per heavy atom. The zero-order valence-corrected chi connectivity index (χ0v) is 9.95. The average molecular weight is 230 g/mol. The van der Waals surface area contributed by atoms with Crippen molar-refractivity contribution < 1.29 is 23.8 Å². The van der Waals surface area contributed by atoms with Crippen molar-refractivity contribution in [1.29, 1.82) is 0 Å². The lowest BCUT2D eigenvalue weighted by atomic mass is 9.96. The van der Waals surface area contributed by atoms with Gasteiger partial charge in [0.2, 0.25) is 0 Å². The van der Waals surface area contributed by atoms with Crippen molar-refractivity contribution in [2.24, 2.45) is 5.92 Å². The number of ketones is 1. The molecule has 1 atom stereocenters. The molecule has 5 nitrogen and oxygen atoms in total. The van der Waals surface area contributed by atoms with Gasteiger partial charge in [-0.25, -0.2) is 0 Å². The Balaban J connectivity index is 2.49. The fraction of sp³-hybridized carbons (Fsp3) is 0.818. The van der Waals surface area contributed by atoms with Crippen LogP contribution < -0.4 is 0 Å². The summed E-state index contributed by atoms with van der Waals surface area (Å²) in [4.78, 5) is 22.6. The highest BCUT2D eigenvalue weighted by molar-refractivity contribution is 5.97. The van der Waals surface area contributed by atoms with Crippen LogP contribution in [-0.2, 0) is 23.8 Å². The van der Waals surface area contributed by atoms with E-state index in [1.807, 2.05) is 6.92 Å². The van der Waals surface area contributed by atoms with Gasteiger partial charge in [-0.3, -0.25) is 9.59 Å². The number of carbonyl (C=O) groups excluding carboxylic acids is 2. The molecule has 0 spiro atoms. The normalized spacial score (nSPS) is 20.4. The van der Waals surface area contributed by atoms with Gasteiger partial charge >= 0.3 is 5.97 Å². The first kappa shape index (κ1) is 13.1. The molecule has 1 fully saturated rings. The largest absolute Gasteiger partial charge is 0.468 e. The Labute approximate surface area is 95.0 Å². The maximum atomic E-state index is 11.3. The molecule has 5 heteroatoms. The van der Waals surface area contributed by atoms with Gasteiger partial charge in [0.15, 0.2) is 5.79 Å². The number of methoxy groups -OCH3 is 1. The number of Topliss-reactive ketones (excluding diaryl/α,β-unsaturated/α-hetero) is 1. The van der Waals surface area contributed by atoms with Crippen LogP contribution in [0.15, 0.2) is 0 Å². The molecule has 0 bridgehead atoms. The maximum absolute atomic E-state index is 11.3. The lowest BCUT2D eigenvalue weighted by Gasteiger charge is -2.23. The van der Waals surface area contributed by atoms with E-state index in [1.54, 1.807) is 0 Å². The molecule has 1 heterocycles. The minimum absolute atomic E-state index is 0.187. The fourth-order valence-electron chi connectivity index (χ4n) is 1.74. The summed E-state index contributed by atoms with van der Waals surface area (Å²) in [5.74, 6) is -2.06. The number of esters is 1. The second-order valence-electron chi connectivity index (χ2n) is 4.06. The molecule has 0 aromatic carbocycles. The van der Waals surface area contributed by atoms with Crippen molar-refractivity contribution in [3.05, 3.63) is 0 Å². The van der Waals surface area contributed by atoms with Gasteiger partial charge in [-0.15, -0.1) is 0 Å². The topological polar surface area (TPSA) is 61.8 Å². The van der Waals surface area contributed by atoms with E-state index in [0.717, 1.165) is 0 Å². The van der Waals surface area contributed by atoms with E-state index in [4.69, 9.17) is 9.47 Å². The Hall–Kier alpha value is -0.940. The van der Waals surface area contributed by atoms with Crippen LogP contribution in [0.1, 0.15) is 26.7 Å². The summed E-state index contributed by atoms with van der Waals surface area (Å²) in [6.45, 7) is 4.31. The Morgan fingerprint density at radius 1 is 1.38 bits per heavy atom. The third-order valence-electron chi connectivity index (χ3n) is 2.76. The minimum atomic E-state index is -0.713. The van der Waals surface area contributed by atoms with Crippen LogP contribution in [0.25, 0.3) is 0 Å². The van der Waals surface area contributed by atoms with Crippen molar-refractivity contribution >= 4 is 11.8 Å². The van der Waals surface area contributed by atoms with Crippen molar-refractivity contribution in [3.8, 4) is 0 Å². The van der Waals surface area contributed by atoms with Gasteiger partial charge in [-0.2, -0.15) is 0 Å². The number of hydrogen-bond acceptors (Lipinski definition) is 5. The summed E-state index contributed by atoms with van der Waals surface area (Å²) in [5.41, 5.74) is 0. The van der Waals surface area contributed by atoms with Gasteiger partial charge in [-0.05, 0) is 20.3 Å². The molecule has 0 aromatic heterocycles. The van der Waals surface area contributed by atoms with Crippen LogP contribution in [0, 0.1) is 5.92 Å². The monoisotopic (exact) mass is 230 g/mol. The van der Waals surface area contributed by atoms with Crippen LogP contribution in [0.4, 0.5) is 0 Å². The minimum Gasteiger partial charge on any atom is -0.468 e. The summed E-state index contributed by atoms with van der Waals surface area (Å²) in [5, 5.41) is 0. The predicted octanol–water partition coefficient (Wildman–Crippen LogP) is 0.908. The van der Waals surface area contributed by atoms with E-state index in [-0.39, 0.29) is 5.78 Å². The number of hydrogen-bond donors (Lipinski definition) is 0. The van der Waals surface area contributed by atoms with Crippen LogP contribution in [0.2, 0.25) is 0 Å². The van der Waals surface area contributed by atoms with Gasteiger partial charge in [0, 0.05) is 6.42 Å². The third kappa shape index (κ3) is 3.28. The molecule has 1 aliphatic heterocycles. The number of rotatable bonds is 5. The van der Waals surface area contributed by atoms with Gasteiger partial charge in [0.1, 0.15) is 11.7 Å². The molecule has 1 rings (SSSR count). The van der Waals surface area contributed by atoms with Gasteiger partial charge in [0.05, 0.1) is 20.3 Å². The second kappa shape index (κ2) is 5.41.